The van der Waals surface area contributed by atoms with Crippen LogP contribution in [0.3, 0.4) is 0 Å². The fraction of sp³-hybridized carbons (Fsp3) is 0.500. The number of carbonyl (C=O) groups excluding carboxylic acids is 1. The number of likely N-dealkylation sites (N-methyl/N-ethyl adjacent to an activating group) is 1. The molecule has 0 N–H and O–H groups in total. The third-order valence-corrected chi connectivity index (χ3v) is 6.17. The van der Waals surface area contributed by atoms with Crippen molar-refractivity contribution in [3.8, 4) is 0 Å². The van der Waals surface area contributed by atoms with Crippen molar-refractivity contribution in [1.29, 1.82) is 0 Å². The van der Waals surface area contributed by atoms with Gasteiger partial charge in [-0.1, -0.05) is 36.8 Å². The molecule has 1 aliphatic heterocycles. The zero-order valence-electron chi connectivity index (χ0n) is 14.4. The standard InChI is InChI=1S/C18H26N2O3S/c1-4-19(14-15(2)3)18(21)17-12-8-9-13-20(17)24(22,23)16-10-6-5-7-11-16/h5-7,10-11,17H,2,4,8-9,12-14H2,1,3H3. The van der Waals surface area contributed by atoms with Gasteiger partial charge in [-0.15, -0.1) is 0 Å². The second kappa shape index (κ2) is 7.94. The van der Waals surface area contributed by atoms with E-state index in [2.05, 4.69) is 6.58 Å². The average molecular weight is 350 g/mol. The molecule has 0 spiro atoms. The quantitative estimate of drug-likeness (QED) is 0.741. The van der Waals surface area contributed by atoms with Gasteiger partial charge in [0.15, 0.2) is 0 Å². The summed E-state index contributed by atoms with van der Waals surface area (Å²) in [5.74, 6) is -0.125. The summed E-state index contributed by atoms with van der Waals surface area (Å²) in [6.45, 7) is 9.03. The minimum Gasteiger partial charge on any atom is -0.338 e. The molecule has 1 aromatic carbocycles. The predicted octanol–water partition coefficient (Wildman–Crippen LogP) is 2.65. The van der Waals surface area contributed by atoms with Gasteiger partial charge in [0.05, 0.1) is 4.90 Å². The number of rotatable bonds is 6. The Morgan fingerprint density at radius 1 is 1.29 bits per heavy atom. The highest BCUT2D eigenvalue weighted by atomic mass is 32.2. The number of carbonyl (C=O) groups is 1. The zero-order chi connectivity index (χ0) is 17.7. The van der Waals surface area contributed by atoms with E-state index in [1.54, 1.807) is 35.2 Å². The van der Waals surface area contributed by atoms with Crippen LogP contribution < -0.4 is 0 Å². The molecule has 24 heavy (non-hydrogen) atoms. The molecule has 0 radical (unpaired) electrons. The lowest BCUT2D eigenvalue weighted by Crippen LogP contribution is -2.53. The van der Waals surface area contributed by atoms with Gasteiger partial charge in [-0.3, -0.25) is 4.79 Å². The van der Waals surface area contributed by atoms with Crippen LogP contribution in [0.4, 0.5) is 0 Å². The van der Waals surface area contributed by atoms with E-state index in [1.807, 2.05) is 13.8 Å². The second-order valence-corrected chi connectivity index (χ2v) is 8.14. The smallest absolute Gasteiger partial charge is 0.243 e. The summed E-state index contributed by atoms with van der Waals surface area (Å²) in [6, 6.07) is 7.72. The summed E-state index contributed by atoms with van der Waals surface area (Å²) in [6.07, 6.45) is 2.21. The largest absolute Gasteiger partial charge is 0.338 e. The Hall–Kier alpha value is -1.66. The predicted molar refractivity (Wildman–Crippen MR) is 95.0 cm³/mol. The van der Waals surface area contributed by atoms with Crippen molar-refractivity contribution in [2.45, 2.75) is 44.0 Å². The first-order valence-corrected chi connectivity index (χ1v) is 9.82. The van der Waals surface area contributed by atoms with Gasteiger partial charge in [0.1, 0.15) is 6.04 Å². The molecule has 5 nitrogen and oxygen atoms in total. The van der Waals surface area contributed by atoms with Gasteiger partial charge in [0.25, 0.3) is 0 Å². The average Bonchev–Trinajstić information content (AvgIpc) is 2.59. The number of piperidine rings is 1. The lowest BCUT2D eigenvalue weighted by molar-refractivity contribution is -0.135. The molecule has 1 aromatic rings. The van der Waals surface area contributed by atoms with E-state index in [0.29, 0.717) is 26.1 Å². The van der Waals surface area contributed by atoms with Crippen molar-refractivity contribution in [1.82, 2.24) is 9.21 Å². The molecule has 1 heterocycles. The normalized spacial score (nSPS) is 19.0. The summed E-state index contributed by atoms with van der Waals surface area (Å²) in [7, 11) is -3.66. The van der Waals surface area contributed by atoms with Gasteiger partial charge >= 0.3 is 0 Å². The topological polar surface area (TPSA) is 57.7 Å². The molecule has 0 aromatic heterocycles. The maximum absolute atomic E-state index is 13.0. The first-order valence-electron chi connectivity index (χ1n) is 8.38. The fourth-order valence-electron chi connectivity index (χ4n) is 3.05. The van der Waals surface area contributed by atoms with E-state index in [0.717, 1.165) is 18.4 Å². The Morgan fingerprint density at radius 3 is 2.54 bits per heavy atom. The van der Waals surface area contributed by atoms with Gasteiger partial charge in [-0.2, -0.15) is 4.31 Å². The minimum atomic E-state index is -3.66. The Labute approximate surface area is 145 Å². The fourth-order valence-corrected chi connectivity index (χ4v) is 4.72. The van der Waals surface area contributed by atoms with E-state index in [4.69, 9.17) is 0 Å². The molecule has 0 bridgehead atoms. The number of benzene rings is 1. The Bertz CT molecular complexity index is 685. The molecule has 1 atom stereocenters. The number of hydrogen-bond donors (Lipinski definition) is 0. The highest BCUT2D eigenvalue weighted by Crippen LogP contribution is 2.26. The van der Waals surface area contributed by atoms with Crippen molar-refractivity contribution in [3.05, 3.63) is 42.5 Å². The SMILES string of the molecule is C=C(C)CN(CC)C(=O)C1CCCCN1S(=O)(=O)c1ccccc1. The molecule has 6 heteroatoms. The van der Waals surface area contributed by atoms with Gasteiger partial charge in [0.2, 0.25) is 15.9 Å². The maximum atomic E-state index is 13.0. The van der Waals surface area contributed by atoms with E-state index in [1.165, 1.54) is 4.31 Å². The first kappa shape index (κ1) is 18.7. The monoisotopic (exact) mass is 350 g/mol. The lowest BCUT2D eigenvalue weighted by Gasteiger charge is -2.36. The van der Waals surface area contributed by atoms with Gasteiger partial charge in [0, 0.05) is 19.6 Å². The third kappa shape index (κ3) is 4.05. The molecule has 1 unspecified atom stereocenters. The highest BCUT2D eigenvalue weighted by molar-refractivity contribution is 7.89. The molecule has 0 saturated carbocycles. The van der Waals surface area contributed by atoms with E-state index < -0.39 is 16.1 Å². The molecule has 0 aliphatic carbocycles. The Balaban J connectivity index is 2.31. The van der Waals surface area contributed by atoms with Crippen molar-refractivity contribution < 1.29 is 13.2 Å². The van der Waals surface area contributed by atoms with Crippen LogP contribution in [0.25, 0.3) is 0 Å². The van der Waals surface area contributed by atoms with Crippen LogP contribution in [0, 0.1) is 0 Å². The van der Waals surface area contributed by atoms with Crippen molar-refractivity contribution >= 4 is 15.9 Å². The van der Waals surface area contributed by atoms with Crippen LogP contribution in [0.1, 0.15) is 33.1 Å². The minimum absolute atomic E-state index is 0.125. The summed E-state index contributed by atoms with van der Waals surface area (Å²) in [5, 5.41) is 0. The molecule has 1 saturated heterocycles. The zero-order valence-corrected chi connectivity index (χ0v) is 15.3. The highest BCUT2D eigenvalue weighted by Gasteiger charge is 2.39. The van der Waals surface area contributed by atoms with Crippen molar-refractivity contribution in [2.75, 3.05) is 19.6 Å². The number of nitrogens with zero attached hydrogens (tertiary/aromatic N) is 2. The van der Waals surface area contributed by atoms with Crippen molar-refractivity contribution in [3.63, 3.8) is 0 Å². The van der Waals surface area contributed by atoms with E-state index in [9.17, 15) is 13.2 Å². The van der Waals surface area contributed by atoms with E-state index >= 15 is 0 Å². The molecule has 1 fully saturated rings. The van der Waals surface area contributed by atoms with Crippen molar-refractivity contribution in [2.24, 2.45) is 0 Å². The number of hydrogen-bond acceptors (Lipinski definition) is 3. The summed E-state index contributed by atoms with van der Waals surface area (Å²) in [4.78, 5) is 14.9. The van der Waals surface area contributed by atoms with Crippen LogP contribution in [0.15, 0.2) is 47.4 Å². The number of sulfonamides is 1. The van der Waals surface area contributed by atoms with Crippen LogP contribution >= 0.6 is 0 Å². The van der Waals surface area contributed by atoms with Gasteiger partial charge in [-0.05, 0) is 38.8 Å². The molecule has 132 valence electrons. The first-order chi connectivity index (χ1) is 11.4. The second-order valence-electron chi connectivity index (χ2n) is 6.25. The Morgan fingerprint density at radius 2 is 1.96 bits per heavy atom. The third-order valence-electron chi connectivity index (χ3n) is 4.24. The summed E-state index contributed by atoms with van der Waals surface area (Å²) < 4.78 is 27.3. The molecule has 1 amide bonds. The van der Waals surface area contributed by atoms with Gasteiger partial charge < -0.3 is 4.90 Å². The van der Waals surface area contributed by atoms with Crippen LogP contribution in [-0.2, 0) is 14.8 Å². The molecular formula is C18H26N2O3S. The molecule has 1 aliphatic rings. The summed E-state index contributed by atoms with van der Waals surface area (Å²) >= 11 is 0. The molecule has 2 rings (SSSR count). The van der Waals surface area contributed by atoms with Crippen LogP contribution in [-0.4, -0.2) is 49.2 Å². The summed E-state index contributed by atoms with van der Waals surface area (Å²) in [5.41, 5.74) is 0.887. The lowest BCUT2D eigenvalue weighted by atomic mass is 10.0. The maximum Gasteiger partial charge on any atom is 0.243 e. The molecular weight excluding hydrogens is 324 g/mol. The van der Waals surface area contributed by atoms with E-state index in [-0.39, 0.29) is 10.8 Å². The van der Waals surface area contributed by atoms with Gasteiger partial charge in [-0.25, -0.2) is 8.42 Å². The Kier molecular flexibility index (Phi) is 6.18. The number of amides is 1. The van der Waals surface area contributed by atoms with Crippen LogP contribution in [0.5, 0.6) is 0 Å². The van der Waals surface area contributed by atoms with Crippen LogP contribution in [0.2, 0.25) is 0 Å².